The predicted octanol–water partition coefficient (Wildman–Crippen LogP) is 3.67. The van der Waals surface area contributed by atoms with Crippen molar-refractivity contribution >= 4 is 17.5 Å². The van der Waals surface area contributed by atoms with E-state index in [4.69, 9.17) is 11.6 Å². The fourth-order valence-corrected chi connectivity index (χ4v) is 2.64. The Labute approximate surface area is 150 Å². The molecule has 0 bridgehead atoms. The number of aromatic amines is 1. The Morgan fingerprint density at radius 2 is 1.68 bits per heavy atom. The Morgan fingerprint density at radius 1 is 0.960 bits per heavy atom. The molecule has 0 saturated heterocycles. The number of aromatic nitrogens is 1. The molecule has 2 aromatic carbocycles. The van der Waals surface area contributed by atoms with Crippen molar-refractivity contribution in [3.05, 3.63) is 93.2 Å². The molecule has 0 saturated carbocycles. The van der Waals surface area contributed by atoms with E-state index in [1.54, 1.807) is 24.3 Å². The maximum absolute atomic E-state index is 12.2. The highest BCUT2D eigenvalue weighted by atomic mass is 35.5. The lowest BCUT2D eigenvalue weighted by Gasteiger charge is -2.06. The maximum Gasteiger partial charge on any atom is 0.261 e. The van der Waals surface area contributed by atoms with Gasteiger partial charge in [0.05, 0.1) is 0 Å². The van der Waals surface area contributed by atoms with Crippen LogP contribution in [0.1, 0.15) is 15.9 Å². The van der Waals surface area contributed by atoms with Crippen molar-refractivity contribution in [2.24, 2.45) is 0 Å². The fourth-order valence-electron chi connectivity index (χ4n) is 2.51. The maximum atomic E-state index is 12.2. The van der Waals surface area contributed by atoms with E-state index >= 15 is 0 Å². The highest BCUT2D eigenvalue weighted by molar-refractivity contribution is 6.30. The molecule has 0 atom stereocenters. The average molecular weight is 353 g/mol. The summed E-state index contributed by atoms with van der Waals surface area (Å²) in [6, 6.07) is 20.2. The van der Waals surface area contributed by atoms with Gasteiger partial charge in [-0.1, -0.05) is 54.1 Å². The van der Waals surface area contributed by atoms with E-state index < -0.39 is 5.56 Å². The Hall–Kier alpha value is -2.85. The van der Waals surface area contributed by atoms with Crippen molar-refractivity contribution in [3.8, 4) is 11.3 Å². The molecular weight excluding hydrogens is 336 g/mol. The quantitative estimate of drug-likeness (QED) is 0.736. The fraction of sp³-hybridized carbons (Fsp3) is 0.100. The first kappa shape index (κ1) is 17.0. The normalized spacial score (nSPS) is 10.4. The van der Waals surface area contributed by atoms with E-state index in [2.05, 4.69) is 10.3 Å². The smallest absolute Gasteiger partial charge is 0.261 e. The van der Waals surface area contributed by atoms with Crippen LogP contribution in [0.4, 0.5) is 0 Å². The van der Waals surface area contributed by atoms with E-state index in [1.165, 1.54) is 0 Å². The number of H-pyrrole nitrogens is 1. The van der Waals surface area contributed by atoms with Gasteiger partial charge in [-0.15, -0.1) is 0 Å². The first-order valence-electron chi connectivity index (χ1n) is 7.95. The number of carbonyl (C=O) groups excluding carboxylic acids is 1. The largest absolute Gasteiger partial charge is 0.352 e. The number of hydrogen-bond donors (Lipinski definition) is 2. The number of amides is 1. The summed E-state index contributed by atoms with van der Waals surface area (Å²) in [5.74, 6) is -0.375. The number of nitrogens with one attached hydrogen (secondary N) is 2. The van der Waals surface area contributed by atoms with Gasteiger partial charge in [-0.2, -0.15) is 0 Å². The molecule has 0 aliphatic rings. The van der Waals surface area contributed by atoms with Gasteiger partial charge < -0.3 is 10.3 Å². The van der Waals surface area contributed by atoms with Crippen molar-refractivity contribution in [1.29, 1.82) is 0 Å². The topological polar surface area (TPSA) is 62.0 Å². The van der Waals surface area contributed by atoms with Gasteiger partial charge in [0.15, 0.2) is 0 Å². The molecule has 0 aliphatic heterocycles. The third-order valence-corrected chi connectivity index (χ3v) is 4.10. The zero-order valence-corrected chi connectivity index (χ0v) is 14.2. The summed E-state index contributed by atoms with van der Waals surface area (Å²) in [5, 5.41) is 3.40. The Kier molecular flexibility index (Phi) is 5.31. The summed E-state index contributed by atoms with van der Waals surface area (Å²) in [6.07, 6.45) is 0.716. The summed E-state index contributed by atoms with van der Waals surface area (Å²) in [4.78, 5) is 27.2. The number of halogens is 1. The molecule has 5 heteroatoms. The lowest BCUT2D eigenvalue weighted by atomic mass is 10.1. The molecule has 1 heterocycles. The van der Waals surface area contributed by atoms with E-state index in [0.29, 0.717) is 23.7 Å². The summed E-state index contributed by atoms with van der Waals surface area (Å²) >= 11 is 5.87. The first-order valence-corrected chi connectivity index (χ1v) is 8.33. The Morgan fingerprint density at radius 3 is 2.36 bits per heavy atom. The van der Waals surface area contributed by atoms with Gasteiger partial charge in [0, 0.05) is 17.3 Å². The molecule has 0 radical (unpaired) electrons. The zero-order chi connectivity index (χ0) is 17.6. The lowest BCUT2D eigenvalue weighted by Crippen LogP contribution is -2.31. The van der Waals surface area contributed by atoms with Crippen LogP contribution in [0.15, 0.2) is 71.5 Å². The molecule has 0 fully saturated rings. The summed E-state index contributed by atoms with van der Waals surface area (Å²) in [7, 11) is 0. The van der Waals surface area contributed by atoms with Crippen LogP contribution in [0.2, 0.25) is 5.02 Å². The van der Waals surface area contributed by atoms with Gasteiger partial charge in [-0.25, -0.2) is 0 Å². The van der Waals surface area contributed by atoms with Crippen LogP contribution >= 0.6 is 11.6 Å². The van der Waals surface area contributed by atoms with Gasteiger partial charge in [-0.3, -0.25) is 9.59 Å². The molecule has 1 amide bonds. The third-order valence-electron chi connectivity index (χ3n) is 3.85. The first-order chi connectivity index (χ1) is 12.1. The van der Waals surface area contributed by atoms with Crippen molar-refractivity contribution in [2.45, 2.75) is 6.42 Å². The standard InChI is InChI=1S/C20H17ClN2O2/c21-16-8-6-15(7-9-16)18-11-10-17(20(25)23-18)19(24)22-13-12-14-4-2-1-3-5-14/h1-11H,12-13H2,(H,22,24)(H,23,25). The van der Waals surface area contributed by atoms with Crippen LogP contribution in [0, 0.1) is 0 Å². The molecule has 3 aromatic rings. The van der Waals surface area contributed by atoms with E-state index in [9.17, 15) is 9.59 Å². The lowest BCUT2D eigenvalue weighted by molar-refractivity contribution is 0.0952. The van der Waals surface area contributed by atoms with Gasteiger partial charge in [0.25, 0.3) is 11.5 Å². The molecule has 0 aliphatic carbocycles. The third kappa shape index (κ3) is 4.37. The Bertz CT molecular complexity index is 918. The van der Waals surface area contributed by atoms with Gasteiger partial charge >= 0.3 is 0 Å². The zero-order valence-electron chi connectivity index (χ0n) is 13.5. The van der Waals surface area contributed by atoms with Crippen molar-refractivity contribution < 1.29 is 4.79 Å². The molecule has 0 unspecified atom stereocenters. The summed E-state index contributed by atoms with van der Waals surface area (Å²) in [5.41, 5.74) is 2.30. The van der Waals surface area contributed by atoms with Crippen molar-refractivity contribution in [3.63, 3.8) is 0 Å². The van der Waals surface area contributed by atoms with Crippen molar-refractivity contribution in [1.82, 2.24) is 10.3 Å². The second-order valence-electron chi connectivity index (χ2n) is 5.61. The second kappa shape index (κ2) is 7.81. The van der Waals surface area contributed by atoms with Crippen LogP contribution in [-0.2, 0) is 6.42 Å². The monoisotopic (exact) mass is 352 g/mol. The molecule has 4 nitrogen and oxygen atoms in total. The van der Waals surface area contributed by atoms with Crippen LogP contribution in [-0.4, -0.2) is 17.4 Å². The minimum Gasteiger partial charge on any atom is -0.352 e. The predicted molar refractivity (Wildman–Crippen MR) is 100.0 cm³/mol. The molecule has 3 rings (SSSR count). The highest BCUT2D eigenvalue weighted by Crippen LogP contribution is 2.18. The Balaban J connectivity index is 1.67. The van der Waals surface area contributed by atoms with Crippen molar-refractivity contribution in [2.75, 3.05) is 6.54 Å². The molecular formula is C20H17ClN2O2. The average Bonchev–Trinajstić information content (AvgIpc) is 2.63. The molecule has 25 heavy (non-hydrogen) atoms. The molecule has 2 N–H and O–H groups in total. The minimum atomic E-state index is -0.412. The SMILES string of the molecule is O=C(NCCc1ccccc1)c1ccc(-c2ccc(Cl)cc2)[nH]c1=O. The number of rotatable bonds is 5. The van der Waals surface area contributed by atoms with Crippen LogP contribution in [0.25, 0.3) is 11.3 Å². The van der Waals surface area contributed by atoms with Crippen LogP contribution < -0.4 is 10.9 Å². The summed E-state index contributed by atoms with van der Waals surface area (Å²) in [6.45, 7) is 0.473. The van der Waals surface area contributed by atoms with Gasteiger partial charge in [0.2, 0.25) is 0 Å². The summed E-state index contributed by atoms with van der Waals surface area (Å²) < 4.78 is 0. The minimum absolute atomic E-state index is 0.103. The van der Waals surface area contributed by atoms with E-state index in [1.807, 2.05) is 42.5 Å². The number of pyridine rings is 1. The van der Waals surface area contributed by atoms with Crippen LogP contribution in [0.3, 0.4) is 0 Å². The van der Waals surface area contributed by atoms with Gasteiger partial charge in [-0.05, 0) is 41.8 Å². The van der Waals surface area contributed by atoms with E-state index in [0.717, 1.165) is 11.1 Å². The van der Waals surface area contributed by atoms with E-state index in [-0.39, 0.29) is 11.5 Å². The number of carbonyl (C=O) groups is 1. The molecule has 126 valence electrons. The molecule has 1 aromatic heterocycles. The number of hydrogen-bond acceptors (Lipinski definition) is 2. The molecule has 0 spiro atoms. The highest BCUT2D eigenvalue weighted by Gasteiger charge is 2.11. The number of benzene rings is 2. The van der Waals surface area contributed by atoms with Crippen LogP contribution in [0.5, 0.6) is 0 Å². The second-order valence-corrected chi connectivity index (χ2v) is 6.05. The van der Waals surface area contributed by atoms with Gasteiger partial charge in [0.1, 0.15) is 5.56 Å².